The molecule has 0 aliphatic carbocycles. The quantitative estimate of drug-likeness (QED) is 0.256. The first-order valence-electron chi connectivity index (χ1n) is 6.74. The van der Waals surface area contributed by atoms with Gasteiger partial charge in [-0.3, -0.25) is 14.9 Å². The second-order valence-electron chi connectivity index (χ2n) is 4.46. The zero-order valence-electron chi connectivity index (χ0n) is 12.9. The summed E-state index contributed by atoms with van der Waals surface area (Å²) >= 11 is 0. The van der Waals surface area contributed by atoms with Crippen molar-refractivity contribution < 1.29 is 19.2 Å². The molecule has 0 radical (unpaired) electrons. The first-order valence-corrected chi connectivity index (χ1v) is 6.74. The second-order valence-corrected chi connectivity index (χ2v) is 4.46. The van der Waals surface area contributed by atoms with Crippen LogP contribution in [-0.4, -0.2) is 38.2 Å². The van der Waals surface area contributed by atoms with Gasteiger partial charge < -0.3 is 14.8 Å². The van der Waals surface area contributed by atoms with Crippen LogP contribution in [0.15, 0.2) is 23.8 Å². The van der Waals surface area contributed by atoms with Gasteiger partial charge in [-0.15, -0.1) is 0 Å². The van der Waals surface area contributed by atoms with E-state index in [1.165, 1.54) is 31.4 Å². The number of nitro benzene ring substituents is 1. The molecule has 0 saturated carbocycles. The Labute approximate surface area is 133 Å². The van der Waals surface area contributed by atoms with Gasteiger partial charge >= 0.3 is 5.69 Å². The standard InChI is InChI=1S/C15H17N3O5/c1-22-7-3-6-17-15(19)12(10-16)8-11-4-5-14(23-2)13(9-11)18(20)21/h4-5,8-9H,3,6-7H2,1-2H3,(H,17,19)/b12-8+. The zero-order chi connectivity index (χ0) is 17.2. The minimum absolute atomic E-state index is 0.106. The van der Waals surface area contributed by atoms with Gasteiger partial charge in [-0.25, -0.2) is 0 Å². The van der Waals surface area contributed by atoms with Crippen LogP contribution in [-0.2, 0) is 9.53 Å². The Morgan fingerprint density at radius 1 is 1.48 bits per heavy atom. The Morgan fingerprint density at radius 3 is 2.78 bits per heavy atom. The van der Waals surface area contributed by atoms with Gasteiger partial charge in [-0.1, -0.05) is 6.07 Å². The number of carbonyl (C=O) groups is 1. The number of benzene rings is 1. The largest absolute Gasteiger partial charge is 0.490 e. The van der Waals surface area contributed by atoms with E-state index in [-0.39, 0.29) is 17.0 Å². The number of amides is 1. The van der Waals surface area contributed by atoms with Crippen molar-refractivity contribution in [3.63, 3.8) is 0 Å². The van der Waals surface area contributed by atoms with Crippen LogP contribution >= 0.6 is 0 Å². The fourth-order valence-corrected chi connectivity index (χ4v) is 1.77. The molecule has 0 aromatic heterocycles. The molecule has 122 valence electrons. The van der Waals surface area contributed by atoms with E-state index in [9.17, 15) is 14.9 Å². The molecule has 23 heavy (non-hydrogen) atoms. The van der Waals surface area contributed by atoms with Gasteiger partial charge in [-0.05, 0) is 24.1 Å². The molecule has 1 amide bonds. The molecule has 0 atom stereocenters. The molecule has 0 aliphatic heterocycles. The lowest BCUT2D eigenvalue weighted by Crippen LogP contribution is -2.26. The number of nitrogens with one attached hydrogen (secondary N) is 1. The molecule has 0 aliphatic rings. The third-order valence-electron chi connectivity index (χ3n) is 2.89. The Morgan fingerprint density at radius 2 is 2.22 bits per heavy atom. The second kappa shape index (κ2) is 9.17. The summed E-state index contributed by atoms with van der Waals surface area (Å²) in [5.74, 6) is -0.434. The lowest BCUT2D eigenvalue weighted by molar-refractivity contribution is -0.385. The van der Waals surface area contributed by atoms with Gasteiger partial charge in [0.25, 0.3) is 5.91 Å². The third kappa shape index (κ3) is 5.41. The number of nitriles is 1. The van der Waals surface area contributed by atoms with Crippen molar-refractivity contribution in [3.8, 4) is 11.8 Å². The highest BCUT2D eigenvalue weighted by atomic mass is 16.6. The first kappa shape index (κ1) is 18.1. The van der Waals surface area contributed by atoms with Crippen molar-refractivity contribution >= 4 is 17.7 Å². The summed E-state index contributed by atoms with van der Waals surface area (Å²) in [6.07, 6.45) is 1.91. The van der Waals surface area contributed by atoms with E-state index in [0.717, 1.165) is 0 Å². The predicted octanol–water partition coefficient (Wildman–Crippen LogP) is 1.66. The predicted molar refractivity (Wildman–Crippen MR) is 82.7 cm³/mol. The Bertz CT molecular complexity index is 649. The zero-order valence-corrected chi connectivity index (χ0v) is 12.9. The molecule has 0 saturated heterocycles. The van der Waals surface area contributed by atoms with Gasteiger partial charge in [0.15, 0.2) is 5.75 Å². The third-order valence-corrected chi connectivity index (χ3v) is 2.89. The Hall–Kier alpha value is -2.92. The summed E-state index contributed by atoms with van der Waals surface area (Å²) in [5.41, 5.74) is -0.0120. The highest BCUT2D eigenvalue weighted by molar-refractivity contribution is 6.01. The van der Waals surface area contributed by atoms with Crippen molar-refractivity contribution in [2.75, 3.05) is 27.4 Å². The van der Waals surface area contributed by atoms with E-state index in [4.69, 9.17) is 14.7 Å². The molecule has 1 rings (SSSR count). The maximum absolute atomic E-state index is 11.9. The van der Waals surface area contributed by atoms with Crippen LogP contribution < -0.4 is 10.1 Å². The molecule has 1 N–H and O–H groups in total. The molecule has 8 heteroatoms. The minimum Gasteiger partial charge on any atom is -0.490 e. The van der Waals surface area contributed by atoms with Gasteiger partial charge in [-0.2, -0.15) is 5.26 Å². The van der Waals surface area contributed by atoms with E-state index in [1.807, 2.05) is 0 Å². The maximum atomic E-state index is 11.9. The van der Waals surface area contributed by atoms with E-state index in [2.05, 4.69) is 5.32 Å². The summed E-state index contributed by atoms with van der Waals surface area (Å²) in [7, 11) is 2.88. The summed E-state index contributed by atoms with van der Waals surface area (Å²) in [4.78, 5) is 22.3. The number of nitro groups is 1. The fraction of sp³-hybridized carbons (Fsp3) is 0.333. The SMILES string of the molecule is COCCCNC(=O)/C(C#N)=C/c1ccc(OC)c([N+](=O)[O-])c1. The lowest BCUT2D eigenvalue weighted by atomic mass is 10.1. The lowest BCUT2D eigenvalue weighted by Gasteiger charge is -2.05. The first-order chi connectivity index (χ1) is 11.0. The molecule has 0 fully saturated rings. The highest BCUT2D eigenvalue weighted by Crippen LogP contribution is 2.28. The van der Waals surface area contributed by atoms with Crippen LogP contribution in [0.2, 0.25) is 0 Å². The van der Waals surface area contributed by atoms with Crippen LogP contribution in [0.25, 0.3) is 6.08 Å². The molecule has 0 unspecified atom stereocenters. The number of methoxy groups -OCH3 is 2. The number of ether oxygens (including phenoxy) is 2. The van der Waals surface area contributed by atoms with Crippen molar-refractivity contribution in [2.24, 2.45) is 0 Å². The van der Waals surface area contributed by atoms with Crippen LogP contribution in [0.4, 0.5) is 5.69 Å². The summed E-state index contributed by atoms with van der Waals surface area (Å²) in [6.45, 7) is 0.866. The van der Waals surface area contributed by atoms with E-state index in [0.29, 0.717) is 25.1 Å². The average Bonchev–Trinajstić information content (AvgIpc) is 2.56. The van der Waals surface area contributed by atoms with Crippen molar-refractivity contribution in [1.29, 1.82) is 5.26 Å². The maximum Gasteiger partial charge on any atom is 0.311 e. The molecule has 1 aromatic carbocycles. The molecule has 8 nitrogen and oxygen atoms in total. The molecule has 1 aromatic rings. The summed E-state index contributed by atoms with van der Waals surface area (Å²) < 4.78 is 9.75. The minimum atomic E-state index is -0.590. The molecular formula is C15H17N3O5. The molecule has 0 bridgehead atoms. The van der Waals surface area contributed by atoms with E-state index >= 15 is 0 Å². The fourth-order valence-electron chi connectivity index (χ4n) is 1.77. The van der Waals surface area contributed by atoms with E-state index in [1.54, 1.807) is 13.2 Å². The Balaban J connectivity index is 2.94. The van der Waals surface area contributed by atoms with Crippen molar-refractivity contribution in [3.05, 3.63) is 39.4 Å². The number of rotatable bonds is 8. The van der Waals surface area contributed by atoms with Gasteiger partial charge in [0.1, 0.15) is 11.6 Å². The number of carbonyl (C=O) groups excluding carboxylic acids is 1. The van der Waals surface area contributed by atoms with Crippen LogP contribution in [0.1, 0.15) is 12.0 Å². The molecule has 0 heterocycles. The molecular weight excluding hydrogens is 302 g/mol. The average molecular weight is 319 g/mol. The normalized spacial score (nSPS) is 10.7. The van der Waals surface area contributed by atoms with Crippen LogP contribution in [0.3, 0.4) is 0 Å². The highest BCUT2D eigenvalue weighted by Gasteiger charge is 2.15. The van der Waals surface area contributed by atoms with E-state index < -0.39 is 10.8 Å². The van der Waals surface area contributed by atoms with Crippen LogP contribution in [0.5, 0.6) is 5.75 Å². The molecule has 0 spiro atoms. The Kier molecular flexibility index (Phi) is 7.23. The van der Waals surface area contributed by atoms with Crippen molar-refractivity contribution in [1.82, 2.24) is 5.32 Å². The number of hydrogen-bond acceptors (Lipinski definition) is 6. The smallest absolute Gasteiger partial charge is 0.311 e. The van der Waals surface area contributed by atoms with Crippen molar-refractivity contribution in [2.45, 2.75) is 6.42 Å². The number of nitrogens with zero attached hydrogens (tertiary/aromatic N) is 2. The monoisotopic (exact) mass is 319 g/mol. The topological polar surface area (TPSA) is 114 Å². The number of hydrogen-bond donors (Lipinski definition) is 1. The van der Waals surface area contributed by atoms with Gasteiger partial charge in [0.2, 0.25) is 0 Å². The summed E-state index contributed by atoms with van der Waals surface area (Å²) in [5, 5.41) is 22.6. The van der Waals surface area contributed by atoms with Gasteiger partial charge in [0, 0.05) is 26.3 Å². The summed E-state index contributed by atoms with van der Waals surface area (Å²) in [6, 6.07) is 5.97. The van der Waals surface area contributed by atoms with Crippen LogP contribution in [0, 0.1) is 21.4 Å². The van der Waals surface area contributed by atoms with Gasteiger partial charge in [0.05, 0.1) is 12.0 Å².